The second kappa shape index (κ2) is 7.53. The van der Waals surface area contributed by atoms with Crippen LogP contribution in [-0.2, 0) is 0 Å². The van der Waals surface area contributed by atoms with Crippen LogP contribution in [0.25, 0.3) is 0 Å². The lowest BCUT2D eigenvalue weighted by Crippen LogP contribution is -2.59. The molecule has 3 aromatic rings. The van der Waals surface area contributed by atoms with E-state index < -0.39 is 14.0 Å². The largest absolute Gasteiger partial charge is 0.477 e. The van der Waals surface area contributed by atoms with Crippen molar-refractivity contribution in [3.05, 3.63) is 68.9 Å². The third kappa shape index (κ3) is 3.38. The van der Waals surface area contributed by atoms with E-state index in [9.17, 15) is 9.90 Å². The number of aryl methyl sites for hydroxylation is 1. The summed E-state index contributed by atoms with van der Waals surface area (Å²) in [5.74, 6) is -0.911. The molecule has 1 unspecified atom stereocenters. The van der Waals surface area contributed by atoms with Gasteiger partial charge in [0, 0.05) is 45.5 Å². The van der Waals surface area contributed by atoms with Crippen molar-refractivity contribution >= 4 is 47.1 Å². The maximum Gasteiger partial charge on any atom is 0.346 e. The maximum absolute atomic E-state index is 12.2. The molecule has 1 aliphatic rings. The van der Waals surface area contributed by atoms with Crippen LogP contribution in [0.15, 0.2) is 41.8 Å². The molecule has 1 aliphatic heterocycles. The molecule has 2 aromatic carbocycles. The second-order valence-corrected chi connectivity index (χ2v) is 14.6. The van der Waals surface area contributed by atoms with Gasteiger partial charge in [-0.3, -0.25) is 0 Å². The van der Waals surface area contributed by atoms with Gasteiger partial charge >= 0.3 is 5.97 Å². The normalized spacial score (nSPS) is 16.4. The highest BCUT2D eigenvalue weighted by Crippen LogP contribution is 2.42. The molecule has 1 atom stereocenters. The fourth-order valence-corrected chi connectivity index (χ4v) is 8.97. The summed E-state index contributed by atoms with van der Waals surface area (Å²) < 4.78 is 0. The van der Waals surface area contributed by atoms with E-state index in [1.54, 1.807) is 0 Å². The standard InChI is InChI=1S/C25H30N2O2SSi/c1-15-14-30-24(25(28)29)22(15)23-18-10-8-17(27(4)5)13-21(18)31(6,7)20-11-9-16(26(2)3)12-19(20)23/h8-14,23H,1-7H3,(H,28,29). The maximum atomic E-state index is 12.2. The number of benzene rings is 2. The molecular formula is C25H30N2O2SSi. The predicted molar refractivity (Wildman–Crippen MR) is 135 cm³/mol. The quantitative estimate of drug-likeness (QED) is 0.605. The van der Waals surface area contributed by atoms with Crippen LogP contribution in [0.4, 0.5) is 11.4 Å². The van der Waals surface area contributed by atoms with E-state index in [0.717, 1.165) is 16.8 Å². The Morgan fingerprint density at radius 3 is 2.16 bits per heavy atom. The van der Waals surface area contributed by atoms with Crippen molar-refractivity contribution in [1.29, 1.82) is 0 Å². The zero-order valence-electron chi connectivity index (χ0n) is 19.3. The van der Waals surface area contributed by atoms with E-state index in [4.69, 9.17) is 0 Å². The Morgan fingerprint density at radius 1 is 0.935 bits per heavy atom. The van der Waals surface area contributed by atoms with E-state index in [0.29, 0.717) is 4.88 Å². The molecular weight excluding hydrogens is 420 g/mol. The lowest BCUT2D eigenvalue weighted by molar-refractivity contribution is 0.0701. The number of fused-ring (bicyclic) bond motifs is 2. The third-order valence-electron chi connectivity index (χ3n) is 6.58. The second-order valence-electron chi connectivity index (χ2n) is 9.36. The molecule has 1 aromatic heterocycles. The molecule has 0 fully saturated rings. The Balaban J connectivity index is 2.09. The first-order valence-electron chi connectivity index (χ1n) is 10.5. The van der Waals surface area contributed by atoms with Gasteiger partial charge in [-0.25, -0.2) is 4.79 Å². The summed E-state index contributed by atoms with van der Waals surface area (Å²) in [4.78, 5) is 16.9. The molecule has 2 heterocycles. The van der Waals surface area contributed by atoms with Crippen molar-refractivity contribution in [3.63, 3.8) is 0 Å². The van der Waals surface area contributed by atoms with Gasteiger partial charge in [0.2, 0.25) is 0 Å². The zero-order valence-corrected chi connectivity index (χ0v) is 21.1. The Hall–Kier alpha value is -2.57. The summed E-state index contributed by atoms with van der Waals surface area (Å²) in [7, 11) is 6.27. The van der Waals surface area contributed by atoms with Crippen LogP contribution in [0.2, 0.25) is 13.1 Å². The first-order chi connectivity index (χ1) is 14.5. The van der Waals surface area contributed by atoms with Crippen LogP contribution in [0.3, 0.4) is 0 Å². The van der Waals surface area contributed by atoms with Gasteiger partial charge in [-0.15, -0.1) is 11.3 Å². The molecule has 31 heavy (non-hydrogen) atoms. The highest BCUT2D eigenvalue weighted by Gasteiger charge is 2.41. The van der Waals surface area contributed by atoms with Crippen molar-refractivity contribution in [3.8, 4) is 0 Å². The summed E-state index contributed by atoms with van der Waals surface area (Å²) in [6, 6.07) is 13.5. The lowest BCUT2D eigenvalue weighted by atomic mass is 9.82. The van der Waals surface area contributed by atoms with Crippen molar-refractivity contribution in [2.75, 3.05) is 38.0 Å². The number of aromatic carboxylic acids is 1. The van der Waals surface area contributed by atoms with Crippen LogP contribution in [-0.4, -0.2) is 47.3 Å². The first kappa shape index (κ1) is 21.7. The molecule has 0 bridgehead atoms. The fraction of sp³-hybridized carbons (Fsp3) is 0.320. The molecule has 6 heteroatoms. The van der Waals surface area contributed by atoms with Gasteiger partial charge in [-0.1, -0.05) is 30.4 Å². The molecule has 0 saturated carbocycles. The number of hydrogen-bond donors (Lipinski definition) is 1. The number of carboxylic acids is 1. The number of hydrogen-bond acceptors (Lipinski definition) is 4. The van der Waals surface area contributed by atoms with Gasteiger partial charge in [0.05, 0.1) is 0 Å². The highest BCUT2D eigenvalue weighted by atomic mass is 32.1. The van der Waals surface area contributed by atoms with Crippen molar-refractivity contribution < 1.29 is 9.90 Å². The first-order valence-corrected chi connectivity index (χ1v) is 14.4. The van der Waals surface area contributed by atoms with E-state index in [1.807, 2.05) is 12.3 Å². The third-order valence-corrected chi connectivity index (χ3v) is 11.3. The fourth-order valence-electron chi connectivity index (χ4n) is 4.85. The SMILES string of the molecule is Cc1csc(C(=O)O)c1C1c2cc(N(C)C)ccc2[Si](C)(C)c2cc(N(C)C)ccc21. The zero-order chi connectivity index (χ0) is 22.7. The number of carbonyl (C=O) groups is 1. The molecule has 0 radical (unpaired) electrons. The monoisotopic (exact) mass is 450 g/mol. The molecule has 0 saturated heterocycles. The molecule has 1 N–H and O–H groups in total. The van der Waals surface area contributed by atoms with Crippen LogP contribution in [0.1, 0.15) is 37.8 Å². The summed E-state index contributed by atoms with van der Waals surface area (Å²) in [5.41, 5.74) is 6.85. The van der Waals surface area contributed by atoms with Gasteiger partial charge < -0.3 is 14.9 Å². The Kier molecular flexibility index (Phi) is 5.26. The molecule has 0 aliphatic carbocycles. The van der Waals surface area contributed by atoms with Crippen LogP contribution >= 0.6 is 11.3 Å². The summed E-state index contributed by atoms with van der Waals surface area (Å²) in [6.07, 6.45) is 0. The minimum atomic E-state index is -1.97. The molecule has 0 amide bonds. The lowest BCUT2D eigenvalue weighted by Gasteiger charge is -2.40. The van der Waals surface area contributed by atoms with Crippen molar-refractivity contribution in [2.24, 2.45) is 0 Å². The smallest absolute Gasteiger partial charge is 0.346 e. The Labute approximate surface area is 189 Å². The number of thiophene rings is 1. The number of carboxylic acid groups (broad SMARTS) is 1. The van der Waals surface area contributed by atoms with Gasteiger partial charge in [0.25, 0.3) is 0 Å². The van der Waals surface area contributed by atoms with Gasteiger partial charge in [-0.05, 0) is 64.0 Å². The Morgan fingerprint density at radius 2 is 1.55 bits per heavy atom. The Bertz CT molecular complexity index is 1180. The minimum Gasteiger partial charge on any atom is -0.477 e. The average molecular weight is 451 g/mol. The highest BCUT2D eigenvalue weighted by molar-refractivity contribution is 7.12. The molecule has 4 rings (SSSR count). The summed E-state index contributed by atoms with van der Waals surface area (Å²) in [5, 5.41) is 14.8. The molecule has 0 spiro atoms. The van der Waals surface area contributed by atoms with Gasteiger partial charge in [0.1, 0.15) is 13.0 Å². The minimum absolute atomic E-state index is 0.0704. The number of nitrogens with zero attached hydrogens (tertiary/aromatic N) is 2. The van der Waals surface area contributed by atoms with Crippen molar-refractivity contribution in [2.45, 2.75) is 25.9 Å². The van der Waals surface area contributed by atoms with E-state index in [1.165, 1.54) is 38.5 Å². The van der Waals surface area contributed by atoms with E-state index >= 15 is 0 Å². The predicted octanol–water partition coefficient (Wildman–Crippen LogP) is 4.20. The van der Waals surface area contributed by atoms with Gasteiger partial charge in [-0.2, -0.15) is 0 Å². The molecule has 162 valence electrons. The number of anilines is 2. The number of rotatable bonds is 4. The average Bonchev–Trinajstić information content (AvgIpc) is 3.09. The van der Waals surface area contributed by atoms with Crippen LogP contribution in [0, 0.1) is 6.92 Å². The summed E-state index contributed by atoms with van der Waals surface area (Å²) >= 11 is 1.34. The van der Waals surface area contributed by atoms with E-state index in [2.05, 4.69) is 87.5 Å². The van der Waals surface area contributed by atoms with Crippen LogP contribution in [0.5, 0.6) is 0 Å². The topological polar surface area (TPSA) is 43.8 Å². The van der Waals surface area contributed by atoms with E-state index in [-0.39, 0.29) is 5.92 Å². The molecule has 4 nitrogen and oxygen atoms in total. The van der Waals surface area contributed by atoms with Crippen molar-refractivity contribution in [1.82, 2.24) is 0 Å². The summed E-state index contributed by atoms with van der Waals surface area (Å²) in [6.45, 7) is 6.86. The van der Waals surface area contributed by atoms with Gasteiger partial charge in [0.15, 0.2) is 0 Å². The van der Waals surface area contributed by atoms with Crippen LogP contribution < -0.4 is 20.2 Å².